The molecule has 60 valence electrons. The van der Waals surface area contributed by atoms with Crippen LogP contribution in [0.1, 0.15) is 5.69 Å². The van der Waals surface area contributed by atoms with Crippen molar-refractivity contribution in [2.75, 3.05) is 13.8 Å². The molecule has 1 rings (SSSR count). The summed E-state index contributed by atoms with van der Waals surface area (Å²) >= 11 is 0. The van der Waals surface area contributed by atoms with Crippen LogP contribution < -0.4 is 4.74 Å². The zero-order chi connectivity index (χ0) is 8.10. The second-order valence-electron chi connectivity index (χ2n) is 2.09. The van der Waals surface area contributed by atoms with E-state index >= 15 is 0 Å². The largest absolute Gasteiger partial charge is 0.495 e. The van der Waals surface area contributed by atoms with Gasteiger partial charge in [-0.05, 0) is 12.1 Å². The van der Waals surface area contributed by atoms with Crippen LogP contribution in [-0.2, 0) is 6.42 Å². The van der Waals surface area contributed by atoms with Crippen LogP contribution in [-0.4, -0.2) is 18.8 Å². The van der Waals surface area contributed by atoms with Crippen LogP contribution >= 0.6 is 0 Å². The maximum Gasteiger partial charge on any atom is 0.140 e. The van der Waals surface area contributed by atoms with Gasteiger partial charge in [-0.1, -0.05) is 0 Å². The lowest BCUT2D eigenvalue weighted by atomic mass is 10.2. The molecule has 1 heterocycles. The van der Waals surface area contributed by atoms with E-state index in [4.69, 9.17) is 4.74 Å². The average molecular weight is 155 g/mol. The number of rotatable bonds is 3. The van der Waals surface area contributed by atoms with Gasteiger partial charge in [-0.25, -0.2) is 0 Å². The standard InChI is InChI=1S/C8H10FNO/c1-11-8-3-2-6-10-7(8)4-5-9/h2-3,6H,4-5H2,1H3. The van der Waals surface area contributed by atoms with Crippen LogP contribution in [0.15, 0.2) is 18.3 Å². The molecule has 0 unspecified atom stereocenters. The van der Waals surface area contributed by atoms with E-state index in [1.54, 1.807) is 25.4 Å². The quantitative estimate of drug-likeness (QED) is 0.661. The minimum absolute atomic E-state index is 0.323. The van der Waals surface area contributed by atoms with Crippen molar-refractivity contribution in [3.8, 4) is 5.75 Å². The second-order valence-corrected chi connectivity index (χ2v) is 2.09. The monoisotopic (exact) mass is 155 g/mol. The Labute approximate surface area is 65.0 Å². The van der Waals surface area contributed by atoms with E-state index < -0.39 is 6.67 Å². The number of ether oxygens (including phenoxy) is 1. The second kappa shape index (κ2) is 3.91. The molecule has 0 amide bonds. The van der Waals surface area contributed by atoms with Gasteiger partial charge < -0.3 is 4.74 Å². The minimum Gasteiger partial charge on any atom is -0.495 e. The molecular weight excluding hydrogens is 145 g/mol. The smallest absolute Gasteiger partial charge is 0.140 e. The summed E-state index contributed by atoms with van der Waals surface area (Å²) in [5.74, 6) is 0.658. The van der Waals surface area contributed by atoms with Gasteiger partial charge in [0.2, 0.25) is 0 Å². The molecule has 0 aliphatic carbocycles. The molecule has 0 N–H and O–H groups in total. The summed E-state index contributed by atoms with van der Waals surface area (Å²) in [6, 6.07) is 3.54. The Hall–Kier alpha value is -1.12. The summed E-state index contributed by atoms with van der Waals surface area (Å²) < 4.78 is 16.9. The average Bonchev–Trinajstić information content (AvgIpc) is 2.06. The Bertz CT molecular complexity index is 227. The van der Waals surface area contributed by atoms with E-state index in [1.807, 2.05) is 0 Å². The van der Waals surface area contributed by atoms with Crippen LogP contribution in [0.3, 0.4) is 0 Å². The fourth-order valence-electron chi connectivity index (χ4n) is 0.886. The molecule has 0 atom stereocenters. The number of hydrogen-bond acceptors (Lipinski definition) is 2. The van der Waals surface area contributed by atoms with E-state index in [1.165, 1.54) is 0 Å². The van der Waals surface area contributed by atoms with E-state index in [2.05, 4.69) is 4.98 Å². The molecule has 0 saturated heterocycles. The summed E-state index contributed by atoms with van der Waals surface area (Å²) in [5.41, 5.74) is 0.678. The van der Waals surface area contributed by atoms with Crippen molar-refractivity contribution >= 4 is 0 Å². The van der Waals surface area contributed by atoms with Gasteiger partial charge in [0.05, 0.1) is 19.5 Å². The van der Waals surface area contributed by atoms with Crippen molar-refractivity contribution < 1.29 is 9.13 Å². The van der Waals surface area contributed by atoms with Crippen LogP contribution in [0.25, 0.3) is 0 Å². The third-order valence-corrected chi connectivity index (χ3v) is 1.40. The highest BCUT2D eigenvalue weighted by molar-refractivity contribution is 5.26. The fraction of sp³-hybridized carbons (Fsp3) is 0.375. The van der Waals surface area contributed by atoms with Gasteiger partial charge in [-0.15, -0.1) is 0 Å². The Morgan fingerprint density at radius 2 is 2.45 bits per heavy atom. The lowest BCUT2D eigenvalue weighted by molar-refractivity contribution is 0.401. The minimum atomic E-state index is -0.395. The molecule has 1 aromatic heterocycles. The van der Waals surface area contributed by atoms with Crippen molar-refractivity contribution in [1.82, 2.24) is 4.98 Å². The molecule has 0 radical (unpaired) electrons. The first-order valence-electron chi connectivity index (χ1n) is 3.42. The zero-order valence-electron chi connectivity index (χ0n) is 6.38. The Morgan fingerprint density at radius 3 is 3.09 bits per heavy atom. The maximum atomic E-state index is 11.9. The molecule has 11 heavy (non-hydrogen) atoms. The third kappa shape index (κ3) is 1.90. The van der Waals surface area contributed by atoms with Gasteiger partial charge in [0.1, 0.15) is 5.75 Å². The van der Waals surface area contributed by atoms with E-state index in [0.717, 1.165) is 0 Å². The van der Waals surface area contributed by atoms with Crippen molar-refractivity contribution in [3.05, 3.63) is 24.0 Å². The molecule has 0 fully saturated rings. The Kier molecular flexibility index (Phi) is 2.83. The van der Waals surface area contributed by atoms with Gasteiger partial charge in [-0.2, -0.15) is 0 Å². The first-order chi connectivity index (χ1) is 5.38. The van der Waals surface area contributed by atoms with Crippen molar-refractivity contribution in [3.63, 3.8) is 0 Å². The lowest BCUT2D eigenvalue weighted by Crippen LogP contribution is -1.95. The molecule has 3 heteroatoms. The third-order valence-electron chi connectivity index (χ3n) is 1.40. The number of pyridine rings is 1. The van der Waals surface area contributed by atoms with Crippen molar-refractivity contribution in [2.45, 2.75) is 6.42 Å². The van der Waals surface area contributed by atoms with Gasteiger partial charge in [0.15, 0.2) is 0 Å². The number of hydrogen-bond donors (Lipinski definition) is 0. The van der Waals surface area contributed by atoms with E-state index in [-0.39, 0.29) is 0 Å². The number of aryl methyl sites for hydroxylation is 1. The molecule has 1 aromatic rings. The first kappa shape index (κ1) is 7.98. The summed E-state index contributed by atoms with van der Waals surface area (Å²) in [6.07, 6.45) is 1.96. The normalized spacial score (nSPS) is 9.64. The summed E-state index contributed by atoms with van der Waals surface area (Å²) in [4.78, 5) is 3.97. The van der Waals surface area contributed by atoms with Gasteiger partial charge >= 0.3 is 0 Å². The maximum absolute atomic E-state index is 11.9. The first-order valence-corrected chi connectivity index (χ1v) is 3.42. The van der Waals surface area contributed by atoms with Crippen LogP contribution in [0.2, 0.25) is 0 Å². The number of nitrogens with zero attached hydrogens (tertiary/aromatic N) is 1. The zero-order valence-corrected chi connectivity index (χ0v) is 6.38. The van der Waals surface area contributed by atoms with Crippen molar-refractivity contribution in [1.29, 1.82) is 0 Å². The van der Waals surface area contributed by atoms with Crippen LogP contribution in [0.4, 0.5) is 4.39 Å². The fourth-order valence-corrected chi connectivity index (χ4v) is 0.886. The summed E-state index contributed by atoms with van der Waals surface area (Å²) in [5, 5.41) is 0. The SMILES string of the molecule is COc1cccnc1CCF. The number of aromatic nitrogens is 1. The molecule has 0 saturated carbocycles. The van der Waals surface area contributed by atoms with Gasteiger partial charge in [0.25, 0.3) is 0 Å². The van der Waals surface area contributed by atoms with Crippen LogP contribution in [0.5, 0.6) is 5.75 Å². The lowest BCUT2D eigenvalue weighted by Gasteiger charge is -2.03. The van der Waals surface area contributed by atoms with Crippen molar-refractivity contribution in [2.24, 2.45) is 0 Å². The van der Waals surface area contributed by atoms with Crippen LogP contribution in [0, 0.1) is 0 Å². The Morgan fingerprint density at radius 1 is 1.64 bits per heavy atom. The molecule has 0 spiro atoms. The highest BCUT2D eigenvalue weighted by atomic mass is 19.1. The predicted octanol–water partition coefficient (Wildman–Crippen LogP) is 1.60. The highest BCUT2D eigenvalue weighted by Crippen LogP contribution is 2.14. The number of methoxy groups -OCH3 is 1. The molecule has 0 aromatic carbocycles. The van der Waals surface area contributed by atoms with Gasteiger partial charge in [-0.3, -0.25) is 9.37 Å². The van der Waals surface area contributed by atoms with Gasteiger partial charge in [0, 0.05) is 12.6 Å². The number of halogens is 1. The molecule has 0 bridgehead atoms. The summed E-state index contributed by atoms with van der Waals surface area (Å²) in [6.45, 7) is -0.395. The molecule has 0 aliphatic rings. The summed E-state index contributed by atoms with van der Waals surface area (Å²) in [7, 11) is 1.55. The highest BCUT2D eigenvalue weighted by Gasteiger charge is 2.00. The molecular formula is C8H10FNO. The Balaban J connectivity index is 2.83. The predicted molar refractivity (Wildman–Crippen MR) is 40.5 cm³/mol. The number of alkyl halides is 1. The molecule has 0 aliphatic heterocycles. The topological polar surface area (TPSA) is 22.1 Å². The van der Waals surface area contributed by atoms with E-state index in [9.17, 15) is 4.39 Å². The van der Waals surface area contributed by atoms with E-state index in [0.29, 0.717) is 17.9 Å². The molecule has 2 nitrogen and oxygen atoms in total.